The third-order valence-electron chi connectivity index (χ3n) is 4.00. The van der Waals surface area contributed by atoms with Crippen molar-refractivity contribution in [1.29, 1.82) is 0 Å². The van der Waals surface area contributed by atoms with E-state index in [1.165, 1.54) is 6.92 Å². The SMILES string of the molecule is CC(=O)NC(C)Cc1ccc(-c2cnc(OCc3cccnc3)nc2)cc1. The second-order valence-electron chi connectivity index (χ2n) is 6.41. The van der Waals surface area contributed by atoms with E-state index in [2.05, 4.69) is 32.4 Å². The van der Waals surface area contributed by atoms with E-state index >= 15 is 0 Å². The highest BCUT2D eigenvalue weighted by atomic mass is 16.5. The molecule has 0 aliphatic heterocycles. The predicted molar refractivity (Wildman–Crippen MR) is 103 cm³/mol. The van der Waals surface area contributed by atoms with Crippen LogP contribution in [0, 0.1) is 0 Å². The van der Waals surface area contributed by atoms with Crippen molar-refractivity contribution >= 4 is 5.91 Å². The molecule has 0 radical (unpaired) electrons. The summed E-state index contributed by atoms with van der Waals surface area (Å²) in [4.78, 5) is 23.7. The van der Waals surface area contributed by atoms with Crippen molar-refractivity contribution in [3.8, 4) is 17.1 Å². The number of hydrogen-bond acceptors (Lipinski definition) is 5. The number of nitrogens with zero attached hydrogens (tertiary/aromatic N) is 3. The minimum atomic E-state index is -0.0119. The first kappa shape index (κ1) is 18.5. The van der Waals surface area contributed by atoms with Crippen molar-refractivity contribution in [2.75, 3.05) is 0 Å². The Bertz CT molecular complexity index is 865. The highest BCUT2D eigenvalue weighted by molar-refractivity contribution is 5.73. The van der Waals surface area contributed by atoms with Gasteiger partial charge in [0.25, 0.3) is 0 Å². The molecule has 1 atom stereocenters. The van der Waals surface area contributed by atoms with Crippen LogP contribution >= 0.6 is 0 Å². The van der Waals surface area contributed by atoms with E-state index < -0.39 is 0 Å². The second kappa shape index (κ2) is 8.89. The lowest BCUT2D eigenvalue weighted by molar-refractivity contribution is -0.119. The summed E-state index contributed by atoms with van der Waals surface area (Å²) >= 11 is 0. The molecule has 3 rings (SSSR count). The number of aromatic nitrogens is 3. The average molecular weight is 362 g/mol. The molecule has 0 aliphatic rings. The number of carbonyl (C=O) groups excluding carboxylic acids is 1. The maximum atomic E-state index is 11.1. The first-order valence-electron chi connectivity index (χ1n) is 8.80. The zero-order valence-corrected chi connectivity index (χ0v) is 15.4. The Morgan fingerprint density at radius 1 is 1.04 bits per heavy atom. The standard InChI is InChI=1S/C21H22N4O2/c1-15(25-16(2)26)10-17-5-7-19(8-6-17)20-12-23-21(24-13-20)27-14-18-4-3-9-22-11-18/h3-9,11-13,15H,10,14H2,1-2H3,(H,25,26). The van der Waals surface area contributed by atoms with Crippen molar-refractivity contribution in [3.63, 3.8) is 0 Å². The van der Waals surface area contributed by atoms with Crippen molar-refractivity contribution < 1.29 is 9.53 Å². The lowest BCUT2D eigenvalue weighted by Crippen LogP contribution is -2.31. The largest absolute Gasteiger partial charge is 0.459 e. The second-order valence-corrected chi connectivity index (χ2v) is 6.41. The maximum Gasteiger partial charge on any atom is 0.316 e. The Morgan fingerprint density at radius 2 is 1.78 bits per heavy atom. The van der Waals surface area contributed by atoms with Crippen LogP contribution < -0.4 is 10.1 Å². The highest BCUT2D eigenvalue weighted by Crippen LogP contribution is 2.20. The number of pyridine rings is 1. The molecule has 0 bridgehead atoms. The van der Waals surface area contributed by atoms with Crippen molar-refractivity contribution in [2.45, 2.75) is 32.9 Å². The fourth-order valence-electron chi connectivity index (χ4n) is 2.76. The van der Waals surface area contributed by atoms with E-state index in [9.17, 15) is 4.79 Å². The Kier molecular flexibility index (Phi) is 6.10. The van der Waals surface area contributed by atoms with E-state index in [-0.39, 0.29) is 11.9 Å². The third kappa shape index (κ3) is 5.60. The van der Waals surface area contributed by atoms with Gasteiger partial charge in [-0.05, 0) is 30.5 Å². The van der Waals surface area contributed by atoms with Gasteiger partial charge in [-0.2, -0.15) is 0 Å². The van der Waals surface area contributed by atoms with Gasteiger partial charge in [-0.3, -0.25) is 9.78 Å². The van der Waals surface area contributed by atoms with E-state index in [1.807, 2.05) is 31.2 Å². The van der Waals surface area contributed by atoms with Gasteiger partial charge >= 0.3 is 6.01 Å². The number of nitrogens with one attached hydrogen (secondary N) is 1. The van der Waals surface area contributed by atoms with Crippen LogP contribution in [0.3, 0.4) is 0 Å². The van der Waals surface area contributed by atoms with E-state index in [1.54, 1.807) is 24.8 Å². The summed E-state index contributed by atoms with van der Waals surface area (Å²) in [5.41, 5.74) is 4.08. The van der Waals surface area contributed by atoms with Gasteiger partial charge in [0.2, 0.25) is 5.91 Å². The summed E-state index contributed by atoms with van der Waals surface area (Å²) in [6, 6.07) is 12.4. The van der Waals surface area contributed by atoms with Gasteiger partial charge in [0, 0.05) is 48.9 Å². The van der Waals surface area contributed by atoms with Crippen molar-refractivity contribution in [3.05, 3.63) is 72.3 Å². The van der Waals surface area contributed by atoms with Gasteiger partial charge in [0.05, 0.1) is 0 Å². The summed E-state index contributed by atoms with van der Waals surface area (Å²) in [6.07, 6.45) is 7.77. The minimum absolute atomic E-state index is 0.0119. The Hall–Kier alpha value is -3.28. The Morgan fingerprint density at radius 3 is 2.41 bits per heavy atom. The van der Waals surface area contributed by atoms with Gasteiger partial charge in [-0.25, -0.2) is 9.97 Å². The third-order valence-corrected chi connectivity index (χ3v) is 4.00. The number of benzene rings is 1. The quantitative estimate of drug-likeness (QED) is 0.698. The molecule has 0 spiro atoms. The molecular formula is C21H22N4O2. The summed E-state index contributed by atoms with van der Waals surface area (Å²) in [5.74, 6) is -0.0119. The molecular weight excluding hydrogens is 340 g/mol. The molecule has 2 heterocycles. The molecule has 1 amide bonds. The molecule has 1 aromatic carbocycles. The van der Waals surface area contributed by atoms with Crippen LogP contribution in [0.1, 0.15) is 25.0 Å². The topological polar surface area (TPSA) is 77.0 Å². The van der Waals surface area contributed by atoms with E-state index in [0.717, 1.165) is 28.7 Å². The van der Waals surface area contributed by atoms with Gasteiger partial charge in [0.1, 0.15) is 6.61 Å². The van der Waals surface area contributed by atoms with Crippen LogP contribution in [0.5, 0.6) is 6.01 Å². The molecule has 0 saturated carbocycles. The van der Waals surface area contributed by atoms with E-state index in [4.69, 9.17) is 4.74 Å². The van der Waals surface area contributed by atoms with Crippen LogP contribution in [0.15, 0.2) is 61.2 Å². The molecule has 0 saturated heterocycles. The minimum Gasteiger partial charge on any atom is -0.459 e. The monoisotopic (exact) mass is 362 g/mol. The molecule has 0 fully saturated rings. The zero-order chi connectivity index (χ0) is 19.1. The van der Waals surface area contributed by atoms with Crippen LogP contribution in [-0.2, 0) is 17.8 Å². The summed E-state index contributed by atoms with van der Waals surface area (Å²) in [6.45, 7) is 3.91. The molecule has 3 aromatic rings. The zero-order valence-electron chi connectivity index (χ0n) is 15.4. The molecule has 1 unspecified atom stereocenters. The summed E-state index contributed by atoms with van der Waals surface area (Å²) < 4.78 is 5.58. The fourth-order valence-corrected chi connectivity index (χ4v) is 2.76. The predicted octanol–water partition coefficient (Wildman–Crippen LogP) is 3.18. The van der Waals surface area contributed by atoms with Gasteiger partial charge in [0.15, 0.2) is 0 Å². The van der Waals surface area contributed by atoms with E-state index in [0.29, 0.717) is 12.6 Å². The molecule has 2 aromatic heterocycles. The molecule has 6 nitrogen and oxygen atoms in total. The Balaban J connectivity index is 1.59. The normalized spacial score (nSPS) is 11.6. The number of amides is 1. The summed E-state index contributed by atoms with van der Waals surface area (Å²) in [5, 5.41) is 2.89. The lowest BCUT2D eigenvalue weighted by Gasteiger charge is -2.12. The molecule has 0 aliphatic carbocycles. The summed E-state index contributed by atoms with van der Waals surface area (Å²) in [7, 11) is 0. The highest BCUT2D eigenvalue weighted by Gasteiger charge is 2.06. The average Bonchev–Trinajstić information content (AvgIpc) is 2.68. The van der Waals surface area contributed by atoms with Gasteiger partial charge in [-0.15, -0.1) is 0 Å². The molecule has 1 N–H and O–H groups in total. The smallest absolute Gasteiger partial charge is 0.316 e. The van der Waals surface area contributed by atoms with Crippen LogP contribution in [-0.4, -0.2) is 26.9 Å². The van der Waals surface area contributed by atoms with Gasteiger partial charge in [-0.1, -0.05) is 30.3 Å². The molecule has 138 valence electrons. The van der Waals surface area contributed by atoms with Gasteiger partial charge < -0.3 is 10.1 Å². The van der Waals surface area contributed by atoms with Crippen molar-refractivity contribution in [2.24, 2.45) is 0 Å². The first-order chi connectivity index (χ1) is 13.1. The number of rotatable bonds is 7. The molecule has 6 heteroatoms. The van der Waals surface area contributed by atoms with Crippen LogP contribution in [0.25, 0.3) is 11.1 Å². The van der Waals surface area contributed by atoms with Crippen molar-refractivity contribution in [1.82, 2.24) is 20.3 Å². The maximum absolute atomic E-state index is 11.1. The lowest BCUT2D eigenvalue weighted by atomic mass is 10.0. The fraction of sp³-hybridized carbons (Fsp3) is 0.238. The Labute approximate surface area is 158 Å². The van der Waals surface area contributed by atoms with Crippen LogP contribution in [0.4, 0.5) is 0 Å². The first-order valence-corrected chi connectivity index (χ1v) is 8.80. The number of hydrogen-bond donors (Lipinski definition) is 1. The number of carbonyl (C=O) groups is 1. The molecule has 27 heavy (non-hydrogen) atoms. The number of ether oxygens (including phenoxy) is 1. The van der Waals surface area contributed by atoms with Crippen LogP contribution in [0.2, 0.25) is 0 Å².